The smallest absolute Gasteiger partial charge is 0.337 e. The molecule has 0 fully saturated rings. The normalized spacial score (nSPS) is 17.8. The Kier molecular flexibility index (Phi) is 4.15. The van der Waals surface area contributed by atoms with Crippen molar-refractivity contribution in [3.8, 4) is 0 Å². The fourth-order valence-corrected chi connectivity index (χ4v) is 5.37. The van der Waals surface area contributed by atoms with E-state index in [2.05, 4.69) is 46.2 Å². The van der Waals surface area contributed by atoms with Crippen molar-refractivity contribution in [1.82, 2.24) is 4.98 Å². The van der Waals surface area contributed by atoms with Crippen molar-refractivity contribution < 1.29 is 9.90 Å². The van der Waals surface area contributed by atoms with Crippen LogP contribution in [0.5, 0.6) is 0 Å². The first-order chi connectivity index (χ1) is 11.5. The molecule has 3 nitrogen and oxygen atoms in total. The Morgan fingerprint density at radius 1 is 1.20 bits per heavy atom. The largest absolute Gasteiger partial charge is 0.478 e. The fraction of sp³-hybridized carbons (Fsp3) is 0.429. The van der Waals surface area contributed by atoms with Gasteiger partial charge in [0.2, 0.25) is 0 Å². The molecule has 1 N–H and O–H groups in total. The van der Waals surface area contributed by atoms with Gasteiger partial charge in [0.25, 0.3) is 0 Å². The highest BCUT2D eigenvalue weighted by molar-refractivity contribution is 7.13. The van der Waals surface area contributed by atoms with Crippen molar-refractivity contribution >= 4 is 22.9 Å². The molecule has 2 heterocycles. The molecule has 0 saturated heterocycles. The van der Waals surface area contributed by atoms with Crippen molar-refractivity contribution in [1.29, 1.82) is 0 Å². The van der Waals surface area contributed by atoms with E-state index in [9.17, 15) is 4.79 Å². The summed E-state index contributed by atoms with van der Waals surface area (Å²) < 4.78 is 0. The minimum absolute atomic E-state index is 0.171. The molecule has 0 bridgehead atoms. The van der Waals surface area contributed by atoms with Crippen LogP contribution < -0.4 is 0 Å². The van der Waals surface area contributed by atoms with E-state index in [4.69, 9.17) is 5.11 Å². The second-order valence-corrected chi connectivity index (χ2v) is 9.26. The van der Waals surface area contributed by atoms with Gasteiger partial charge < -0.3 is 5.11 Å². The molecule has 0 unspecified atom stereocenters. The molecule has 4 heteroatoms. The molecule has 1 aliphatic carbocycles. The molecule has 3 rings (SSSR count). The van der Waals surface area contributed by atoms with Crippen molar-refractivity contribution in [2.45, 2.75) is 58.3 Å². The van der Waals surface area contributed by atoms with E-state index < -0.39 is 5.97 Å². The van der Waals surface area contributed by atoms with E-state index in [1.807, 2.05) is 11.3 Å². The standard InChI is InChI=1S/C21H25NO2S/c1-12(15-8-7-14(11-22-15)19(23)24)17-13(2)16-18(25-17)21(5,6)10-9-20(16,3)4/h7-8,11H,1,9-10H2,2-6H3,(H,23,24). The lowest BCUT2D eigenvalue weighted by molar-refractivity contribution is 0.0696. The Balaban J connectivity index is 2.08. The number of fused-ring (bicyclic) bond motifs is 1. The molecule has 0 aromatic carbocycles. The van der Waals surface area contributed by atoms with Crippen LogP contribution in [-0.4, -0.2) is 16.1 Å². The van der Waals surface area contributed by atoms with Crippen molar-refractivity contribution in [3.63, 3.8) is 0 Å². The lowest BCUT2D eigenvalue weighted by Gasteiger charge is -2.39. The van der Waals surface area contributed by atoms with E-state index >= 15 is 0 Å². The predicted octanol–water partition coefficient (Wildman–Crippen LogP) is 5.56. The molecule has 1 aliphatic rings. The molecule has 0 atom stereocenters. The summed E-state index contributed by atoms with van der Waals surface area (Å²) >= 11 is 1.83. The Hall–Kier alpha value is -1.94. The van der Waals surface area contributed by atoms with E-state index in [0.717, 1.165) is 11.3 Å². The number of carboxylic acid groups (broad SMARTS) is 1. The molecular weight excluding hydrogens is 330 g/mol. The minimum Gasteiger partial charge on any atom is -0.478 e. The summed E-state index contributed by atoms with van der Waals surface area (Å²) in [6, 6.07) is 3.34. The van der Waals surface area contributed by atoms with Gasteiger partial charge in [-0.2, -0.15) is 0 Å². The zero-order chi connectivity index (χ0) is 18.6. The van der Waals surface area contributed by atoms with Gasteiger partial charge in [0.05, 0.1) is 11.3 Å². The summed E-state index contributed by atoms with van der Waals surface area (Å²) in [5.74, 6) is -0.962. The number of carbonyl (C=O) groups is 1. The van der Waals surface area contributed by atoms with Gasteiger partial charge in [-0.15, -0.1) is 11.3 Å². The molecule has 132 valence electrons. The first kappa shape index (κ1) is 17.9. The number of hydrogen-bond donors (Lipinski definition) is 1. The number of thiophene rings is 1. The van der Waals surface area contributed by atoms with Crippen LogP contribution in [0.25, 0.3) is 5.57 Å². The van der Waals surface area contributed by atoms with Gasteiger partial charge in [0.15, 0.2) is 0 Å². The van der Waals surface area contributed by atoms with E-state index in [0.29, 0.717) is 0 Å². The quantitative estimate of drug-likeness (QED) is 0.784. The average Bonchev–Trinajstić information content (AvgIpc) is 2.91. The van der Waals surface area contributed by atoms with Crippen LogP contribution >= 0.6 is 11.3 Å². The van der Waals surface area contributed by atoms with Crippen molar-refractivity contribution in [2.75, 3.05) is 0 Å². The lowest BCUT2D eigenvalue weighted by Crippen LogP contribution is -2.32. The van der Waals surface area contributed by atoms with Gasteiger partial charge in [-0.05, 0) is 53.9 Å². The Bertz CT molecular complexity index is 857. The second-order valence-electron chi connectivity index (χ2n) is 8.24. The van der Waals surface area contributed by atoms with Gasteiger partial charge in [-0.25, -0.2) is 4.79 Å². The third-order valence-electron chi connectivity index (χ3n) is 5.41. The Labute approximate surface area is 153 Å². The van der Waals surface area contributed by atoms with Gasteiger partial charge >= 0.3 is 5.97 Å². The van der Waals surface area contributed by atoms with Crippen LogP contribution in [0.1, 0.15) is 77.5 Å². The van der Waals surface area contributed by atoms with Crippen LogP contribution in [0.3, 0.4) is 0 Å². The number of nitrogens with zero attached hydrogens (tertiary/aromatic N) is 1. The maximum absolute atomic E-state index is 11.0. The second kappa shape index (κ2) is 5.80. The highest BCUT2D eigenvalue weighted by Gasteiger charge is 2.40. The highest BCUT2D eigenvalue weighted by Crippen LogP contribution is 2.52. The number of hydrogen-bond acceptors (Lipinski definition) is 3. The summed E-state index contributed by atoms with van der Waals surface area (Å²) in [4.78, 5) is 18.0. The predicted molar refractivity (Wildman–Crippen MR) is 104 cm³/mol. The molecule has 2 aromatic rings. The zero-order valence-electron chi connectivity index (χ0n) is 15.6. The van der Waals surface area contributed by atoms with Crippen LogP contribution in [0, 0.1) is 6.92 Å². The first-order valence-electron chi connectivity index (χ1n) is 8.58. The van der Waals surface area contributed by atoms with Crippen LogP contribution in [0.4, 0.5) is 0 Å². The maximum Gasteiger partial charge on any atom is 0.337 e. The van der Waals surface area contributed by atoms with Crippen LogP contribution in [0.15, 0.2) is 24.9 Å². The summed E-state index contributed by atoms with van der Waals surface area (Å²) in [6.07, 6.45) is 3.77. The highest BCUT2D eigenvalue weighted by atomic mass is 32.1. The Morgan fingerprint density at radius 2 is 1.84 bits per heavy atom. The van der Waals surface area contributed by atoms with Crippen molar-refractivity contribution in [3.05, 3.63) is 57.0 Å². The third-order valence-corrected chi connectivity index (χ3v) is 7.12. The molecule has 0 amide bonds. The first-order valence-corrected chi connectivity index (χ1v) is 9.39. The summed E-state index contributed by atoms with van der Waals surface area (Å²) in [5.41, 5.74) is 4.92. The molecule has 0 aliphatic heterocycles. The topological polar surface area (TPSA) is 50.2 Å². The molecule has 0 radical (unpaired) electrons. The average molecular weight is 356 g/mol. The number of pyridine rings is 1. The number of rotatable bonds is 3. The maximum atomic E-state index is 11.0. The number of aromatic nitrogens is 1. The van der Waals surface area contributed by atoms with Crippen LogP contribution in [0.2, 0.25) is 0 Å². The molecule has 0 saturated carbocycles. The third kappa shape index (κ3) is 2.93. The van der Waals surface area contributed by atoms with E-state index in [-0.39, 0.29) is 16.4 Å². The number of aromatic carboxylic acids is 1. The SMILES string of the molecule is C=C(c1ccc(C(=O)O)cn1)c1sc2c(c1C)C(C)(C)CCC2(C)C. The van der Waals surface area contributed by atoms with Gasteiger partial charge in [0.1, 0.15) is 0 Å². The Morgan fingerprint density at radius 3 is 2.36 bits per heavy atom. The van der Waals surface area contributed by atoms with Crippen LogP contribution in [-0.2, 0) is 10.8 Å². The van der Waals surface area contributed by atoms with Gasteiger partial charge in [0, 0.05) is 21.5 Å². The van der Waals surface area contributed by atoms with E-state index in [1.54, 1.807) is 12.1 Å². The minimum atomic E-state index is -0.962. The summed E-state index contributed by atoms with van der Waals surface area (Å²) in [5, 5.41) is 9.04. The summed E-state index contributed by atoms with van der Waals surface area (Å²) in [7, 11) is 0. The van der Waals surface area contributed by atoms with E-state index in [1.165, 1.54) is 39.9 Å². The molecular formula is C21H25NO2S. The lowest BCUT2D eigenvalue weighted by atomic mass is 9.66. The number of carboxylic acids is 1. The van der Waals surface area contributed by atoms with Crippen molar-refractivity contribution in [2.24, 2.45) is 0 Å². The monoisotopic (exact) mass is 355 g/mol. The van der Waals surface area contributed by atoms with Gasteiger partial charge in [-0.3, -0.25) is 4.98 Å². The molecule has 0 spiro atoms. The molecule has 2 aromatic heterocycles. The fourth-order valence-electron chi connectivity index (χ4n) is 3.77. The van der Waals surface area contributed by atoms with Gasteiger partial charge in [-0.1, -0.05) is 34.3 Å². The zero-order valence-corrected chi connectivity index (χ0v) is 16.4. The summed E-state index contributed by atoms with van der Waals surface area (Å²) in [6.45, 7) is 15.8. The molecule has 25 heavy (non-hydrogen) atoms.